The number of carbonyl (C=O) groups is 1. The van der Waals surface area contributed by atoms with Gasteiger partial charge in [0, 0.05) is 18.8 Å². The lowest BCUT2D eigenvalue weighted by Gasteiger charge is -2.31. The number of fused-ring (bicyclic) bond motifs is 1. The van der Waals surface area contributed by atoms with E-state index in [1.807, 2.05) is 4.90 Å². The number of benzene rings is 2. The van der Waals surface area contributed by atoms with Crippen LogP contribution in [0.4, 0.5) is 23.2 Å². The van der Waals surface area contributed by atoms with Crippen molar-refractivity contribution in [3.05, 3.63) is 53.8 Å². The molecule has 1 fully saturated rings. The average molecular weight is 421 g/mol. The van der Waals surface area contributed by atoms with Gasteiger partial charge in [-0.05, 0) is 49.2 Å². The van der Waals surface area contributed by atoms with E-state index >= 15 is 0 Å². The van der Waals surface area contributed by atoms with Gasteiger partial charge in [0.15, 0.2) is 0 Å². The molecular formula is C20H19F4N5O. The van der Waals surface area contributed by atoms with Crippen molar-refractivity contribution in [3.8, 4) is 0 Å². The summed E-state index contributed by atoms with van der Waals surface area (Å²) in [5.41, 5.74) is 0.426. The quantitative estimate of drug-likeness (QED) is 0.650. The van der Waals surface area contributed by atoms with E-state index < -0.39 is 17.6 Å². The average Bonchev–Trinajstić information content (AvgIpc) is 3.11. The summed E-state index contributed by atoms with van der Waals surface area (Å²) in [5.74, 6) is -0.652. The van der Waals surface area contributed by atoms with Gasteiger partial charge < -0.3 is 5.32 Å². The second-order valence-electron chi connectivity index (χ2n) is 7.30. The van der Waals surface area contributed by atoms with Crippen LogP contribution in [-0.2, 0) is 11.0 Å². The number of hydrogen-bond donors (Lipinski definition) is 1. The van der Waals surface area contributed by atoms with Crippen LogP contribution >= 0.6 is 0 Å². The number of nitrogens with zero attached hydrogens (tertiary/aromatic N) is 4. The maximum absolute atomic E-state index is 13.2. The van der Waals surface area contributed by atoms with Gasteiger partial charge in [-0.2, -0.15) is 13.2 Å². The molecule has 1 amide bonds. The van der Waals surface area contributed by atoms with Crippen LogP contribution in [0.25, 0.3) is 11.0 Å². The Labute approximate surface area is 169 Å². The minimum atomic E-state index is -4.42. The number of amides is 1. The summed E-state index contributed by atoms with van der Waals surface area (Å²) >= 11 is 0. The molecule has 158 valence electrons. The van der Waals surface area contributed by atoms with E-state index in [9.17, 15) is 22.4 Å². The van der Waals surface area contributed by atoms with Crippen LogP contribution in [-0.4, -0.2) is 45.4 Å². The van der Waals surface area contributed by atoms with Gasteiger partial charge in [0.2, 0.25) is 5.91 Å². The molecule has 30 heavy (non-hydrogen) atoms. The maximum atomic E-state index is 13.2. The number of alkyl halides is 3. The maximum Gasteiger partial charge on any atom is 0.416 e. The lowest BCUT2D eigenvalue weighted by atomic mass is 10.0. The molecular weight excluding hydrogens is 402 g/mol. The number of aromatic nitrogens is 3. The van der Waals surface area contributed by atoms with Crippen molar-refractivity contribution >= 4 is 22.6 Å². The predicted molar refractivity (Wildman–Crippen MR) is 102 cm³/mol. The largest absolute Gasteiger partial charge is 0.416 e. The van der Waals surface area contributed by atoms with E-state index in [0.29, 0.717) is 37.1 Å². The number of halogens is 4. The summed E-state index contributed by atoms with van der Waals surface area (Å²) in [5, 5.41) is 10.6. The topological polar surface area (TPSA) is 63.1 Å². The van der Waals surface area contributed by atoms with Crippen LogP contribution in [0, 0.1) is 5.82 Å². The minimum absolute atomic E-state index is 0.00531. The molecule has 1 saturated heterocycles. The molecule has 0 radical (unpaired) electrons. The van der Waals surface area contributed by atoms with Gasteiger partial charge in [-0.1, -0.05) is 11.3 Å². The van der Waals surface area contributed by atoms with Gasteiger partial charge in [0.05, 0.1) is 23.7 Å². The molecule has 0 saturated carbocycles. The SMILES string of the molecule is O=C(CN1CCC(n2nnc3cc(C(F)(F)F)ccc32)CC1)Nc1cccc(F)c1. The Morgan fingerprint density at radius 2 is 1.90 bits per heavy atom. The van der Waals surface area contributed by atoms with Gasteiger partial charge >= 0.3 is 6.18 Å². The van der Waals surface area contributed by atoms with Crippen molar-refractivity contribution in [3.63, 3.8) is 0 Å². The van der Waals surface area contributed by atoms with Crippen LogP contribution in [0.15, 0.2) is 42.5 Å². The first kappa shape index (κ1) is 20.3. The molecule has 0 spiro atoms. The van der Waals surface area contributed by atoms with Crippen LogP contribution in [0.3, 0.4) is 0 Å². The minimum Gasteiger partial charge on any atom is -0.325 e. The van der Waals surface area contributed by atoms with Gasteiger partial charge in [0.1, 0.15) is 11.3 Å². The fraction of sp³-hybridized carbons (Fsp3) is 0.350. The first-order valence-electron chi connectivity index (χ1n) is 9.49. The van der Waals surface area contributed by atoms with Crippen LogP contribution in [0.2, 0.25) is 0 Å². The number of nitrogens with one attached hydrogen (secondary N) is 1. The van der Waals surface area contributed by atoms with Crippen molar-refractivity contribution in [2.45, 2.75) is 25.1 Å². The second kappa shape index (κ2) is 8.02. The summed E-state index contributed by atoms with van der Waals surface area (Å²) in [4.78, 5) is 14.2. The Hall–Kier alpha value is -3.01. The van der Waals surface area contributed by atoms with Crippen molar-refractivity contribution in [2.24, 2.45) is 0 Å². The molecule has 0 atom stereocenters. The zero-order chi connectivity index (χ0) is 21.3. The Kier molecular flexibility index (Phi) is 5.42. The van der Waals surface area contributed by atoms with E-state index in [2.05, 4.69) is 15.6 Å². The Bertz CT molecular complexity index is 1060. The highest BCUT2D eigenvalue weighted by molar-refractivity contribution is 5.92. The lowest BCUT2D eigenvalue weighted by Crippen LogP contribution is -2.39. The van der Waals surface area contributed by atoms with E-state index in [1.165, 1.54) is 24.3 Å². The zero-order valence-electron chi connectivity index (χ0n) is 15.9. The van der Waals surface area contributed by atoms with Gasteiger partial charge in [0.25, 0.3) is 0 Å². The molecule has 10 heteroatoms. The molecule has 1 aliphatic rings. The second-order valence-corrected chi connectivity index (χ2v) is 7.30. The van der Waals surface area contributed by atoms with Crippen molar-refractivity contribution in [1.29, 1.82) is 0 Å². The zero-order valence-corrected chi connectivity index (χ0v) is 15.9. The third kappa shape index (κ3) is 4.43. The molecule has 0 unspecified atom stereocenters. The Balaban J connectivity index is 1.36. The van der Waals surface area contributed by atoms with E-state index in [4.69, 9.17) is 0 Å². The number of hydrogen-bond acceptors (Lipinski definition) is 4. The molecule has 1 N–H and O–H groups in total. The normalized spacial score (nSPS) is 16.1. The first-order valence-corrected chi connectivity index (χ1v) is 9.49. The van der Waals surface area contributed by atoms with Crippen molar-refractivity contribution < 1.29 is 22.4 Å². The summed E-state index contributed by atoms with van der Waals surface area (Å²) < 4.78 is 53.5. The fourth-order valence-corrected chi connectivity index (χ4v) is 3.68. The van der Waals surface area contributed by atoms with Crippen LogP contribution < -0.4 is 5.32 Å². The molecule has 4 rings (SSSR count). The highest BCUT2D eigenvalue weighted by atomic mass is 19.4. The van der Waals surface area contributed by atoms with Gasteiger partial charge in [-0.15, -0.1) is 5.10 Å². The molecule has 2 heterocycles. The highest BCUT2D eigenvalue weighted by Crippen LogP contribution is 2.32. The summed E-state index contributed by atoms with van der Waals surface area (Å²) in [6, 6.07) is 9.14. The monoisotopic (exact) mass is 421 g/mol. The van der Waals surface area contributed by atoms with Crippen molar-refractivity contribution in [1.82, 2.24) is 19.9 Å². The lowest BCUT2D eigenvalue weighted by molar-refractivity contribution is -0.137. The number of piperidine rings is 1. The van der Waals surface area contributed by atoms with E-state index in [1.54, 1.807) is 10.7 Å². The highest BCUT2D eigenvalue weighted by Gasteiger charge is 2.31. The third-order valence-corrected chi connectivity index (χ3v) is 5.18. The summed E-state index contributed by atoms with van der Waals surface area (Å²) in [6.07, 6.45) is -3.05. The molecule has 0 bridgehead atoms. The van der Waals surface area contributed by atoms with Crippen LogP contribution in [0.5, 0.6) is 0 Å². The molecule has 6 nitrogen and oxygen atoms in total. The predicted octanol–water partition coefficient (Wildman–Crippen LogP) is 3.86. The molecule has 3 aromatic rings. The van der Waals surface area contributed by atoms with Crippen molar-refractivity contribution in [2.75, 3.05) is 25.0 Å². The number of anilines is 1. The summed E-state index contributed by atoms with van der Waals surface area (Å²) in [7, 11) is 0. The molecule has 1 aromatic heterocycles. The van der Waals surface area contributed by atoms with E-state index in [-0.39, 0.29) is 24.0 Å². The summed E-state index contributed by atoms with van der Waals surface area (Å²) in [6.45, 7) is 1.43. The standard InChI is InChI=1S/C20H19F4N5O/c21-14-2-1-3-15(11-14)25-19(30)12-28-8-6-16(7-9-28)29-18-5-4-13(20(22,23)24)10-17(18)26-27-29/h1-5,10-11,16H,6-9,12H2,(H,25,30). The first-order chi connectivity index (χ1) is 14.3. The smallest absolute Gasteiger partial charge is 0.325 e. The van der Waals surface area contributed by atoms with Gasteiger partial charge in [-0.25, -0.2) is 9.07 Å². The fourth-order valence-electron chi connectivity index (χ4n) is 3.68. The molecule has 2 aromatic carbocycles. The van der Waals surface area contributed by atoms with Crippen LogP contribution in [0.1, 0.15) is 24.4 Å². The number of rotatable bonds is 4. The van der Waals surface area contributed by atoms with Gasteiger partial charge in [-0.3, -0.25) is 9.69 Å². The molecule has 1 aliphatic heterocycles. The number of carbonyl (C=O) groups excluding carboxylic acids is 1. The third-order valence-electron chi connectivity index (χ3n) is 5.18. The van der Waals surface area contributed by atoms with E-state index in [0.717, 1.165) is 12.1 Å². The molecule has 0 aliphatic carbocycles. The number of likely N-dealkylation sites (tertiary alicyclic amines) is 1. The Morgan fingerprint density at radius 1 is 1.13 bits per heavy atom. The Morgan fingerprint density at radius 3 is 2.60 bits per heavy atom.